The zero-order valence-electron chi connectivity index (χ0n) is 13.0. The number of aromatic nitrogens is 1. The first-order valence-corrected chi connectivity index (χ1v) is 7.71. The molecule has 1 amide bonds. The first-order valence-electron chi connectivity index (χ1n) is 7.71. The van der Waals surface area contributed by atoms with Crippen LogP contribution in [0, 0.1) is 11.7 Å². The van der Waals surface area contributed by atoms with Crippen molar-refractivity contribution in [3.63, 3.8) is 0 Å². The molecule has 0 radical (unpaired) electrons. The van der Waals surface area contributed by atoms with Gasteiger partial charge in [0.25, 0.3) is 5.91 Å². The summed E-state index contributed by atoms with van der Waals surface area (Å²) in [5.41, 5.74) is -1.36. The van der Waals surface area contributed by atoms with Crippen LogP contribution in [-0.4, -0.2) is 17.4 Å². The van der Waals surface area contributed by atoms with E-state index in [2.05, 4.69) is 15.6 Å². The highest BCUT2D eigenvalue weighted by Gasteiger charge is 2.36. The van der Waals surface area contributed by atoms with Gasteiger partial charge < -0.3 is 10.6 Å². The van der Waals surface area contributed by atoms with Gasteiger partial charge in [0.2, 0.25) is 0 Å². The quantitative estimate of drug-likeness (QED) is 0.795. The van der Waals surface area contributed by atoms with Crippen LogP contribution in [-0.2, 0) is 6.18 Å². The Hall–Kier alpha value is -2.64. The average Bonchev–Trinajstić information content (AvgIpc) is 3.36. The maximum atomic E-state index is 13.3. The maximum Gasteiger partial charge on any atom is 0.417 e. The summed E-state index contributed by atoms with van der Waals surface area (Å²) in [6, 6.07) is 6.01. The molecule has 1 saturated carbocycles. The van der Waals surface area contributed by atoms with Crippen LogP contribution in [0.15, 0.2) is 36.5 Å². The summed E-state index contributed by atoms with van der Waals surface area (Å²) < 4.78 is 53.1. The Labute approximate surface area is 141 Å². The second-order valence-electron chi connectivity index (χ2n) is 5.90. The lowest BCUT2D eigenvalue weighted by molar-refractivity contribution is -0.137. The van der Waals surface area contributed by atoms with Gasteiger partial charge in [0, 0.05) is 18.4 Å². The zero-order valence-corrected chi connectivity index (χ0v) is 13.0. The third-order valence-electron chi connectivity index (χ3n) is 3.80. The van der Waals surface area contributed by atoms with Crippen molar-refractivity contribution in [2.75, 3.05) is 11.9 Å². The number of rotatable bonds is 5. The molecule has 2 aromatic rings. The Morgan fingerprint density at radius 3 is 2.64 bits per heavy atom. The number of carbonyl (C=O) groups is 1. The number of amides is 1. The highest BCUT2D eigenvalue weighted by Crippen LogP contribution is 2.34. The minimum Gasteiger partial charge on any atom is -0.352 e. The smallest absolute Gasteiger partial charge is 0.352 e. The number of alkyl halides is 3. The van der Waals surface area contributed by atoms with Crippen molar-refractivity contribution in [2.24, 2.45) is 5.92 Å². The summed E-state index contributed by atoms with van der Waals surface area (Å²) in [5, 5.41) is 5.10. The van der Waals surface area contributed by atoms with E-state index < -0.39 is 29.0 Å². The van der Waals surface area contributed by atoms with Crippen LogP contribution in [0.4, 0.5) is 29.1 Å². The molecule has 2 N–H and O–H groups in total. The van der Waals surface area contributed by atoms with E-state index in [1.165, 1.54) is 18.2 Å². The van der Waals surface area contributed by atoms with Gasteiger partial charge in [0.05, 0.1) is 11.1 Å². The van der Waals surface area contributed by atoms with E-state index in [-0.39, 0.29) is 11.5 Å². The van der Waals surface area contributed by atoms with E-state index >= 15 is 0 Å². The van der Waals surface area contributed by atoms with Crippen molar-refractivity contribution in [1.82, 2.24) is 10.3 Å². The zero-order chi connectivity index (χ0) is 18.0. The van der Waals surface area contributed by atoms with E-state index in [0.717, 1.165) is 31.2 Å². The summed E-state index contributed by atoms with van der Waals surface area (Å²) in [4.78, 5) is 15.9. The summed E-state index contributed by atoms with van der Waals surface area (Å²) in [6.07, 6.45) is -1.89. The van der Waals surface area contributed by atoms with Crippen LogP contribution in [0.2, 0.25) is 0 Å². The van der Waals surface area contributed by atoms with E-state index in [9.17, 15) is 22.4 Å². The molecule has 25 heavy (non-hydrogen) atoms. The Balaban J connectivity index is 1.85. The molecule has 3 rings (SSSR count). The second kappa shape index (κ2) is 6.70. The highest BCUT2D eigenvalue weighted by molar-refractivity contribution is 5.96. The molecule has 1 aromatic heterocycles. The Kier molecular flexibility index (Phi) is 4.61. The minimum absolute atomic E-state index is 0.128. The first-order chi connectivity index (χ1) is 11.8. The van der Waals surface area contributed by atoms with Crippen LogP contribution in [0.1, 0.15) is 28.8 Å². The molecule has 0 saturated heterocycles. The van der Waals surface area contributed by atoms with Crippen LogP contribution in [0.5, 0.6) is 0 Å². The normalized spacial score (nSPS) is 14.2. The molecule has 1 fully saturated rings. The van der Waals surface area contributed by atoms with Gasteiger partial charge in [-0.2, -0.15) is 13.2 Å². The summed E-state index contributed by atoms with van der Waals surface area (Å²) in [7, 11) is 0. The van der Waals surface area contributed by atoms with Gasteiger partial charge >= 0.3 is 6.18 Å². The lowest BCUT2D eigenvalue weighted by atomic mass is 10.1. The SMILES string of the molecule is O=C(NCC1CC1)c1cnc(Nc2cccc(F)c2)cc1C(F)(F)F. The van der Waals surface area contributed by atoms with Crippen molar-refractivity contribution >= 4 is 17.4 Å². The number of halogens is 4. The van der Waals surface area contributed by atoms with E-state index in [1.807, 2.05) is 0 Å². The molecule has 0 bridgehead atoms. The number of benzene rings is 1. The number of nitrogens with zero attached hydrogens (tertiary/aromatic N) is 1. The lowest BCUT2D eigenvalue weighted by Crippen LogP contribution is -2.28. The third kappa shape index (κ3) is 4.46. The molecule has 1 aliphatic rings. The van der Waals surface area contributed by atoms with Gasteiger partial charge in [0.1, 0.15) is 11.6 Å². The topological polar surface area (TPSA) is 54.0 Å². The largest absolute Gasteiger partial charge is 0.417 e. The minimum atomic E-state index is -4.71. The molecule has 4 nitrogen and oxygen atoms in total. The van der Waals surface area contributed by atoms with Crippen LogP contribution in [0.25, 0.3) is 0 Å². The first kappa shape index (κ1) is 17.2. The van der Waals surface area contributed by atoms with Crippen molar-refractivity contribution in [3.8, 4) is 0 Å². The fraction of sp³-hybridized carbons (Fsp3) is 0.294. The molecule has 0 unspecified atom stereocenters. The van der Waals surface area contributed by atoms with Gasteiger partial charge in [-0.05, 0) is 43.0 Å². The van der Waals surface area contributed by atoms with Gasteiger partial charge in [-0.25, -0.2) is 9.37 Å². The summed E-state index contributed by atoms with van der Waals surface area (Å²) in [5.74, 6) is -1.11. The molecule has 1 aliphatic carbocycles. The molecule has 0 spiro atoms. The molecular formula is C17H15F4N3O. The van der Waals surface area contributed by atoms with Crippen molar-refractivity contribution < 1.29 is 22.4 Å². The van der Waals surface area contributed by atoms with Crippen LogP contribution < -0.4 is 10.6 Å². The van der Waals surface area contributed by atoms with Gasteiger partial charge in [-0.15, -0.1) is 0 Å². The lowest BCUT2D eigenvalue weighted by Gasteiger charge is -2.14. The Bertz CT molecular complexity index is 788. The van der Waals surface area contributed by atoms with E-state index in [1.54, 1.807) is 0 Å². The molecule has 8 heteroatoms. The number of pyridine rings is 1. The van der Waals surface area contributed by atoms with Gasteiger partial charge in [-0.3, -0.25) is 4.79 Å². The summed E-state index contributed by atoms with van der Waals surface area (Å²) in [6.45, 7) is 0.361. The van der Waals surface area contributed by atoms with Crippen molar-refractivity contribution in [3.05, 3.63) is 53.5 Å². The van der Waals surface area contributed by atoms with Gasteiger partial charge in [0.15, 0.2) is 0 Å². The fourth-order valence-corrected chi connectivity index (χ4v) is 2.31. The maximum absolute atomic E-state index is 13.3. The Morgan fingerprint density at radius 1 is 1.24 bits per heavy atom. The number of carbonyl (C=O) groups excluding carboxylic acids is 1. The molecule has 1 aromatic carbocycles. The molecule has 132 valence electrons. The standard InChI is InChI=1S/C17H15F4N3O/c18-11-2-1-3-12(6-11)24-15-7-14(17(19,20)21)13(9-22-15)16(25)23-8-10-4-5-10/h1-3,6-7,9-10H,4-5,8H2,(H,22,24)(H,23,25). The van der Waals surface area contributed by atoms with E-state index in [4.69, 9.17) is 0 Å². The van der Waals surface area contributed by atoms with Gasteiger partial charge in [-0.1, -0.05) is 6.07 Å². The molecule has 0 aliphatic heterocycles. The van der Waals surface area contributed by atoms with Crippen molar-refractivity contribution in [1.29, 1.82) is 0 Å². The highest BCUT2D eigenvalue weighted by atomic mass is 19.4. The molecule has 1 heterocycles. The number of anilines is 2. The molecule has 0 atom stereocenters. The third-order valence-corrected chi connectivity index (χ3v) is 3.80. The molecular weight excluding hydrogens is 338 g/mol. The van der Waals surface area contributed by atoms with E-state index in [0.29, 0.717) is 12.5 Å². The number of hydrogen-bond donors (Lipinski definition) is 2. The van der Waals surface area contributed by atoms with Crippen LogP contribution in [0.3, 0.4) is 0 Å². The predicted molar refractivity (Wildman–Crippen MR) is 84.0 cm³/mol. The number of hydrogen-bond acceptors (Lipinski definition) is 3. The Morgan fingerprint density at radius 2 is 2.00 bits per heavy atom. The monoisotopic (exact) mass is 353 g/mol. The fourth-order valence-electron chi connectivity index (χ4n) is 2.31. The average molecular weight is 353 g/mol. The summed E-state index contributed by atoms with van der Waals surface area (Å²) >= 11 is 0. The van der Waals surface area contributed by atoms with Crippen molar-refractivity contribution in [2.45, 2.75) is 19.0 Å². The number of nitrogens with one attached hydrogen (secondary N) is 2. The second-order valence-corrected chi connectivity index (χ2v) is 5.90. The van der Waals surface area contributed by atoms with Crippen LogP contribution >= 0.6 is 0 Å². The predicted octanol–water partition coefficient (Wildman–Crippen LogP) is 4.12.